The van der Waals surface area contributed by atoms with Gasteiger partial charge in [0.2, 0.25) is 5.91 Å². The van der Waals surface area contributed by atoms with E-state index in [1.54, 1.807) is 42.6 Å². The lowest BCUT2D eigenvalue weighted by Gasteiger charge is -2.19. The van der Waals surface area contributed by atoms with Crippen molar-refractivity contribution < 1.29 is 28.2 Å². The fraction of sp³-hybridized carbons (Fsp3) is 0.138. The Morgan fingerprint density at radius 2 is 1.85 bits per heavy atom. The zero-order valence-corrected chi connectivity index (χ0v) is 22.4. The van der Waals surface area contributed by atoms with Gasteiger partial charge in [-0.3, -0.25) is 19.3 Å². The van der Waals surface area contributed by atoms with Gasteiger partial charge < -0.3 is 19.4 Å². The number of amides is 3. The number of halogens is 2. The largest absolute Gasteiger partial charge is 0.486 e. The van der Waals surface area contributed by atoms with Gasteiger partial charge in [0.05, 0.1) is 11.4 Å². The van der Waals surface area contributed by atoms with E-state index in [-0.39, 0.29) is 11.4 Å². The predicted molar refractivity (Wildman–Crippen MR) is 151 cm³/mol. The van der Waals surface area contributed by atoms with Gasteiger partial charge in [0, 0.05) is 45.0 Å². The molecule has 0 aliphatic carbocycles. The SMILES string of the molecule is O=C(CN1C(=O)S/C(=C/c2cn(Cc3c(F)cccc3Cl)c3ccccc23)C1=O)Nc1ccc2c(c1)OCCO2. The molecule has 0 radical (unpaired) electrons. The number of nitrogens with zero attached hydrogens (tertiary/aromatic N) is 2. The van der Waals surface area contributed by atoms with Crippen LogP contribution in [0.2, 0.25) is 5.02 Å². The summed E-state index contributed by atoms with van der Waals surface area (Å²) in [6.45, 7) is 0.598. The Morgan fingerprint density at radius 1 is 1.05 bits per heavy atom. The number of anilines is 1. The first-order valence-electron chi connectivity index (χ1n) is 12.3. The number of thioether (sulfide) groups is 1. The maximum atomic E-state index is 14.5. The molecule has 0 unspecified atom stereocenters. The topological polar surface area (TPSA) is 89.9 Å². The molecule has 4 aromatic rings. The predicted octanol–water partition coefficient (Wildman–Crippen LogP) is 5.93. The molecule has 1 saturated heterocycles. The highest BCUT2D eigenvalue weighted by molar-refractivity contribution is 8.18. The Balaban J connectivity index is 1.21. The second-order valence-corrected chi connectivity index (χ2v) is 10.5. The summed E-state index contributed by atoms with van der Waals surface area (Å²) < 4.78 is 27.3. The van der Waals surface area contributed by atoms with Crippen LogP contribution in [0, 0.1) is 5.82 Å². The first kappa shape index (κ1) is 26.0. The quantitative estimate of drug-likeness (QED) is 0.286. The molecule has 3 aromatic carbocycles. The molecule has 2 aliphatic rings. The molecule has 0 saturated carbocycles. The van der Waals surface area contributed by atoms with Gasteiger partial charge >= 0.3 is 0 Å². The Morgan fingerprint density at radius 3 is 2.67 bits per heavy atom. The van der Waals surface area contributed by atoms with Crippen LogP contribution in [0.5, 0.6) is 11.5 Å². The summed E-state index contributed by atoms with van der Waals surface area (Å²) in [6, 6.07) is 17.0. The molecule has 1 N–H and O–H groups in total. The first-order chi connectivity index (χ1) is 19.4. The van der Waals surface area contributed by atoms with E-state index < -0.39 is 29.4 Å². The summed E-state index contributed by atoms with van der Waals surface area (Å²) in [5, 5.41) is 3.28. The van der Waals surface area contributed by atoms with Crippen LogP contribution in [-0.4, -0.2) is 46.3 Å². The van der Waals surface area contributed by atoms with Crippen LogP contribution >= 0.6 is 23.4 Å². The van der Waals surface area contributed by atoms with Crippen molar-refractivity contribution in [2.45, 2.75) is 6.54 Å². The molecule has 1 aromatic heterocycles. The fourth-order valence-corrected chi connectivity index (χ4v) is 5.67. The molecule has 2 aliphatic heterocycles. The highest BCUT2D eigenvalue weighted by Crippen LogP contribution is 2.35. The van der Waals surface area contributed by atoms with Crippen molar-refractivity contribution in [1.82, 2.24) is 9.47 Å². The third kappa shape index (κ3) is 5.03. The summed E-state index contributed by atoms with van der Waals surface area (Å²) in [4.78, 5) is 39.6. The number of para-hydroxylation sites is 1. The molecule has 0 bridgehead atoms. The van der Waals surface area contributed by atoms with Crippen LogP contribution in [-0.2, 0) is 16.1 Å². The van der Waals surface area contributed by atoms with Gasteiger partial charge in [-0.15, -0.1) is 0 Å². The third-order valence-electron chi connectivity index (χ3n) is 6.50. The van der Waals surface area contributed by atoms with Crippen LogP contribution in [0.25, 0.3) is 17.0 Å². The summed E-state index contributed by atoms with van der Waals surface area (Å²) in [5.41, 5.74) is 2.29. The Bertz CT molecular complexity index is 1700. The summed E-state index contributed by atoms with van der Waals surface area (Å²) in [5.74, 6) is -0.421. The molecule has 202 valence electrons. The maximum absolute atomic E-state index is 14.5. The molecular formula is C29H21ClFN3O5S. The van der Waals surface area contributed by atoms with Crippen LogP contribution in [0.4, 0.5) is 14.9 Å². The summed E-state index contributed by atoms with van der Waals surface area (Å²) in [7, 11) is 0. The van der Waals surface area contributed by atoms with Crippen molar-refractivity contribution >= 4 is 63.1 Å². The number of fused-ring (bicyclic) bond motifs is 2. The van der Waals surface area contributed by atoms with Crippen molar-refractivity contribution in [1.29, 1.82) is 0 Å². The molecule has 8 nitrogen and oxygen atoms in total. The lowest BCUT2D eigenvalue weighted by atomic mass is 10.1. The zero-order chi connectivity index (χ0) is 27.8. The van der Waals surface area contributed by atoms with E-state index in [1.165, 1.54) is 6.07 Å². The molecule has 1 fully saturated rings. The monoisotopic (exact) mass is 577 g/mol. The van der Waals surface area contributed by atoms with E-state index in [0.717, 1.165) is 27.6 Å². The minimum absolute atomic E-state index is 0.182. The highest BCUT2D eigenvalue weighted by Gasteiger charge is 2.36. The van der Waals surface area contributed by atoms with E-state index in [4.69, 9.17) is 21.1 Å². The number of imide groups is 1. The van der Waals surface area contributed by atoms with E-state index in [1.807, 2.05) is 28.8 Å². The smallest absolute Gasteiger partial charge is 0.294 e. The number of carbonyl (C=O) groups is 3. The molecule has 6 rings (SSSR count). The Hall–Kier alpha value is -4.28. The molecule has 40 heavy (non-hydrogen) atoms. The number of hydrogen-bond donors (Lipinski definition) is 1. The second-order valence-electron chi connectivity index (χ2n) is 9.10. The van der Waals surface area contributed by atoms with Gasteiger partial charge in [-0.25, -0.2) is 4.39 Å². The molecular weight excluding hydrogens is 557 g/mol. The first-order valence-corrected chi connectivity index (χ1v) is 13.5. The van der Waals surface area contributed by atoms with Crippen LogP contribution in [0.1, 0.15) is 11.1 Å². The van der Waals surface area contributed by atoms with Crippen LogP contribution < -0.4 is 14.8 Å². The number of nitrogens with one attached hydrogen (secondary N) is 1. The number of benzene rings is 3. The highest BCUT2D eigenvalue weighted by atomic mass is 35.5. The Labute approximate surface area is 237 Å². The normalized spacial score (nSPS) is 15.8. The average Bonchev–Trinajstić information content (AvgIpc) is 3.42. The van der Waals surface area contributed by atoms with Gasteiger partial charge in [-0.2, -0.15) is 0 Å². The van der Waals surface area contributed by atoms with Gasteiger partial charge in [-0.05, 0) is 48.2 Å². The van der Waals surface area contributed by atoms with Crippen LogP contribution in [0.15, 0.2) is 71.8 Å². The van der Waals surface area contributed by atoms with Gasteiger partial charge in [-0.1, -0.05) is 35.9 Å². The van der Waals surface area contributed by atoms with Crippen molar-refractivity contribution in [2.24, 2.45) is 0 Å². The van der Waals surface area contributed by atoms with E-state index in [9.17, 15) is 18.8 Å². The lowest BCUT2D eigenvalue weighted by molar-refractivity contribution is -0.127. The van der Waals surface area contributed by atoms with Crippen LogP contribution in [0.3, 0.4) is 0 Å². The summed E-state index contributed by atoms with van der Waals surface area (Å²) in [6.07, 6.45) is 3.40. The van der Waals surface area contributed by atoms with E-state index in [0.29, 0.717) is 46.5 Å². The van der Waals surface area contributed by atoms with E-state index in [2.05, 4.69) is 5.32 Å². The number of carbonyl (C=O) groups excluding carboxylic acids is 3. The van der Waals surface area contributed by atoms with Crippen molar-refractivity contribution in [3.8, 4) is 11.5 Å². The number of ether oxygens (including phenoxy) is 2. The number of hydrogen-bond acceptors (Lipinski definition) is 6. The van der Waals surface area contributed by atoms with Crippen molar-refractivity contribution in [2.75, 3.05) is 25.1 Å². The number of rotatable bonds is 6. The molecule has 0 spiro atoms. The minimum atomic E-state index is -0.568. The molecule has 11 heteroatoms. The zero-order valence-electron chi connectivity index (χ0n) is 20.9. The van der Waals surface area contributed by atoms with Crippen molar-refractivity contribution in [3.63, 3.8) is 0 Å². The molecule has 3 amide bonds. The molecule has 0 atom stereocenters. The second kappa shape index (κ2) is 10.7. The maximum Gasteiger partial charge on any atom is 0.294 e. The standard InChI is InChI=1S/C29H21ClFN3O5S/c30-21-5-3-6-22(31)20(21)15-33-14-17(19-4-1-2-7-23(19)33)12-26-28(36)34(29(37)40-26)16-27(35)32-18-8-9-24-25(13-18)39-11-10-38-24/h1-9,12-14H,10-11,15-16H2,(H,32,35)/b26-12+. The van der Waals surface area contributed by atoms with Gasteiger partial charge in [0.15, 0.2) is 11.5 Å². The van der Waals surface area contributed by atoms with E-state index >= 15 is 0 Å². The third-order valence-corrected chi connectivity index (χ3v) is 7.76. The number of aromatic nitrogens is 1. The van der Waals surface area contributed by atoms with Crippen molar-refractivity contribution in [3.05, 3.63) is 93.7 Å². The Kier molecular flexibility index (Phi) is 6.95. The fourth-order valence-electron chi connectivity index (χ4n) is 4.62. The minimum Gasteiger partial charge on any atom is -0.486 e. The average molecular weight is 578 g/mol. The van der Waals surface area contributed by atoms with Gasteiger partial charge in [0.1, 0.15) is 25.6 Å². The lowest BCUT2D eigenvalue weighted by Crippen LogP contribution is -2.36. The summed E-state index contributed by atoms with van der Waals surface area (Å²) >= 11 is 7.01. The molecule has 3 heterocycles. The van der Waals surface area contributed by atoms with Gasteiger partial charge in [0.25, 0.3) is 11.1 Å².